The molecule has 2 N–H and O–H groups in total. The Morgan fingerprint density at radius 1 is 1.36 bits per heavy atom. The summed E-state index contributed by atoms with van der Waals surface area (Å²) in [7, 11) is 4.43. The minimum absolute atomic E-state index is 0.00865. The highest BCUT2D eigenvalue weighted by Crippen LogP contribution is 2.49. The van der Waals surface area contributed by atoms with Crippen LogP contribution in [0.25, 0.3) is 0 Å². The first-order chi connectivity index (χ1) is 13.2. The molecule has 2 aromatic rings. The number of nitrogens with one attached hydrogen (secondary N) is 1. The third-order valence-corrected chi connectivity index (χ3v) is 8.97. The quantitative estimate of drug-likeness (QED) is 0.187. The first kappa shape index (κ1) is 23.0. The van der Waals surface area contributed by atoms with Gasteiger partial charge in [-0.1, -0.05) is 11.8 Å². The number of amidine groups is 1. The maximum Gasteiger partial charge on any atom is 0.216 e. The molecule has 0 saturated heterocycles. The van der Waals surface area contributed by atoms with Crippen molar-refractivity contribution in [2.24, 2.45) is 4.99 Å². The van der Waals surface area contributed by atoms with Crippen LogP contribution in [0.2, 0.25) is 0 Å². The number of halogens is 2. The van der Waals surface area contributed by atoms with Crippen LogP contribution in [0.3, 0.4) is 0 Å². The van der Waals surface area contributed by atoms with Crippen LogP contribution in [-0.4, -0.2) is 70.8 Å². The third-order valence-electron chi connectivity index (χ3n) is 3.80. The summed E-state index contributed by atoms with van der Waals surface area (Å²) in [4.78, 5) is 4.21. The zero-order chi connectivity index (χ0) is 20.9. The smallest absolute Gasteiger partial charge is 0.216 e. The van der Waals surface area contributed by atoms with Crippen molar-refractivity contribution in [3.63, 3.8) is 0 Å². The average molecular weight is 495 g/mol. The zero-order valence-corrected chi connectivity index (χ0v) is 19.1. The lowest BCUT2D eigenvalue weighted by atomic mass is 10.3. The summed E-state index contributed by atoms with van der Waals surface area (Å²) < 4.78 is 34.8. The molecule has 0 saturated carbocycles. The number of hydrogen-bond donors (Lipinski definition) is 2. The molecule has 0 aliphatic carbocycles. The van der Waals surface area contributed by atoms with Gasteiger partial charge in [-0.05, 0) is 72.6 Å². The van der Waals surface area contributed by atoms with Crippen molar-refractivity contribution in [1.82, 2.24) is 25.1 Å². The molecule has 0 bridgehead atoms. The molecule has 0 aliphatic heterocycles. The topological polar surface area (TPSA) is 107 Å². The molecule has 0 radical (unpaired) electrons. The van der Waals surface area contributed by atoms with E-state index < -0.39 is 13.3 Å². The number of thioether (sulfide) groups is 1. The van der Waals surface area contributed by atoms with E-state index in [2.05, 4.69) is 31.2 Å². The maximum absolute atomic E-state index is 13.4. The second-order valence-corrected chi connectivity index (χ2v) is 11.3. The first-order valence-corrected chi connectivity index (χ1v) is 11.6. The van der Waals surface area contributed by atoms with E-state index in [1.54, 1.807) is 37.5 Å². The molecule has 0 spiro atoms. The molecule has 0 aliphatic rings. The van der Waals surface area contributed by atoms with E-state index in [9.17, 15) is 14.2 Å². The summed E-state index contributed by atoms with van der Waals surface area (Å²) in [5.41, 5.74) is 2.54. The normalized spacial score (nSPS) is 12.8. The van der Waals surface area contributed by atoms with Crippen LogP contribution in [0.5, 0.6) is 0 Å². The van der Waals surface area contributed by atoms with Gasteiger partial charge in [0.1, 0.15) is 5.82 Å². The van der Waals surface area contributed by atoms with Gasteiger partial charge in [-0.15, -0.1) is 0 Å². The molecule has 13 heteroatoms. The molecule has 0 unspecified atom stereocenters. The van der Waals surface area contributed by atoms with E-state index >= 15 is 0 Å². The second-order valence-electron chi connectivity index (χ2n) is 6.02. The van der Waals surface area contributed by atoms with E-state index in [4.69, 9.17) is 4.63 Å². The molecular weight excluding hydrogens is 474 g/mol. The van der Waals surface area contributed by atoms with Gasteiger partial charge in [-0.25, -0.2) is 23.4 Å². The highest BCUT2D eigenvalue weighted by Gasteiger charge is 2.28. The molecule has 1 aromatic heterocycles. The van der Waals surface area contributed by atoms with Gasteiger partial charge in [0.15, 0.2) is 16.6 Å². The summed E-state index contributed by atoms with van der Waals surface area (Å²) in [6.07, 6.45) is 0.411. The number of hydrogen-bond acceptors (Lipinski definition) is 7. The summed E-state index contributed by atoms with van der Waals surface area (Å²) in [5.74, 6) is 0.0454. The van der Waals surface area contributed by atoms with Crippen molar-refractivity contribution >= 4 is 46.7 Å². The summed E-state index contributed by atoms with van der Waals surface area (Å²) in [6, 6.07) is 4.15. The average Bonchev–Trinajstić information content (AvgIpc) is 3.10. The van der Waals surface area contributed by atoms with Crippen LogP contribution in [-0.2, 0) is 4.57 Å². The van der Waals surface area contributed by atoms with E-state index in [0.717, 1.165) is 0 Å². The van der Waals surface area contributed by atoms with Crippen molar-refractivity contribution in [3.05, 3.63) is 34.2 Å². The predicted molar refractivity (Wildman–Crippen MR) is 110 cm³/mol. The molecular formula is C15H21BrFN6O3PS. The lowest BCUT2D eigenvalue weighted by Gasteiger charge is -2.30. The number of nitrogens with zero attached hydrogens (tertiary/aromatic N) is 5. The first-order valence-electron chi connectivity index (χ1n) is 8.03. The molecule has 0 amide bonds. The van der Waals surface area contributed by atoms with E-state index in [1.165, 1.54) is 30.0 Å². The van der Waals surface area contributed by atoms with E-state index in [-0.39, 0.29) is 16.0 Å². The Bertz CT molecular complexity index is 882. The largest absolute Gasteiger partial charge is 0.290 e. The highest BCUT2D eigenvalue weighted by atomic mass is 79.9. The monoisotopic (exact) mass is 494 g/mol. The zero-order valence-electron chi connectivity index (χ0n) is 15.8. The van der Waals surface area contributed by atoms with Gasteiger partial charge < -0.3 is 0 Å². The Labute approximate surface area is 174 Å². The Hall–Kier alpha value is -1.30. The second kappa shape index (κ2) is 9.95. The summed E-state index contributed by atoms with van der Waals surface area (Å²) >= 11 is 4.37. The Kier molecular flexibility index (Phi) is 8.17. The lowest BCUT2D eigenvalue weighted by molar-refractivity contribution is 0.234. The van der Waals surface area contributed by atoms with Gasteiger partial charge in [0.05, 0.1) is 10.2 Å². The van der Waals surface area contributed by atoms with Crippen LogP contribution in [0.15, 0.2) is 37.3 Å². The number of aliphatic imine (C=N–C) groups is 1. The van der Waals surface area contributed by atoms with E-state index in [0.29, 0.717) is 22.6 Å². The number of aromatic nitrogens is 2. The Morgan fingerprint density at radius 3 is 2.61 bits per heavy atom. The third kappa shape index (κ3) is 5.40. The lowest BCUT2D eigenvalue weighted by Crippen LogP contribution is -2.24. The number of benzene rings is 1. The van der Waals surface area contributed by atoms with Crippen LogP contribution in [0, 0.1) is 5.82 Å². The molecule has 154 valence electrons. The number of hydroxylamine groups is 1. The number of rotatable bonds is 8. The van der Waals surface area contributed by atoms with Gasteiger partial charge in [0.2, 0.25) is 7.44 Å². The van der Waals surface area contributed by atoms with Crippen molar-refractivity contribution in [2.45, 2.75) is 5.03 Å². The van der Waals surface area contributed by atoms with Crippen LogP contribution < -0.4 is 5.48 Å². The maximum atomic E-state index is 13.4. The Balaban J connectivity index is 2.18. The molecule has 1 aromatic carbocycles. The van der Waals surface area contributed by atoms with Crippen molar-refractivity contribution in [1.29, 1.82) is 0 Å². The van der Waals surface area contributed by atoms with Crippen molar-refractivity contribution in [2.75, 3.05) is 40.1 Å². The molecule has 1 heterocycles. The fourth-order valence-corrected chi connectivity index (χ4v) is 6.00. The molecule has 0 fully saturated rings. The molecule has 0 atom stereocenters. The molecule has 9 nitrogen and oxygen atoms in total. The van der Waals surface area contributed by atoms with Gasteiger partial charge in [-0.3, -0.25) is 15.3 Å². The minimum atomic E-state index is -2.66. The Morgan fingerprint density at radius 2 is 2.04 bits per heavy atom. The van der Waals surface area contributed by atoms with E-state index in [1.807, 2.05) is 5.48 Å². The highest BCUT2D eigenvalue weighted by molar-refractivity contribution is 9.10. The van der Waals surface area contributed by atoms with Gasteiger partial charge in [0.25, 0.3) is 0 Å². The predicted octanol–water partition coefficient (Wildman–Crippen LogP) is 3.44. The van der Waals surface area contributed by atoms with Crippen molar-refractivity contribution < 1.29 is 18.8 Å². The standard InChI is InChI=1S/C15H21BrFN6O3PS/c1-22(2)27(25,23(3)4)7-8-28-15-13(20-26-21-15)14(19-24)18-10-5-6-12(17)11(16)9-10/h5-6,9,24H,7-8H2,1-4H3,(H,18,19). The summed E-state index contributed by atoms with van der Waals surface area (Å²) in [6.45, 7) is 0. The molecule has 28 heavy (non-hydrogen) atoms. The fourth-order valence-electron chi connectivity index (χ4n) is 2.25. The fraction of sp³-hybridized carbons (Fsp3) is 0.400. The molecule has 2 rings (SSSR count). The van der Waals surface area contributed by atoms with Crippen molar-refractivity contribution in [3.8, 4) is 0 Å². The van der Waals surface area contributed by atoms with Crippen LogP contribution >= 0.6 is 35.1 Å². The SMILES string of the molecule is CN(C)P(=O)(CCSc1nonc1C(=Nc1ccc(F)c(Br)c1)NO)N(C)C. The minimum Gasteiger partial charge on any atom is -0.290 e. The van der Waals surface area contributed by atoms with Gasteiger partial charge >= 0.3 is 0 Å². The summed E-state index contributed by atoms with van der Waals surface area (Å²) in [5, 5.41) is 17.4. The van der Waals surface area contributed by atoms with Gasteiger partial charge in [-0.2, -0.15) is 0 Å². The van der Waals surface area contributed by atoms with Crippen LogP contribution in [0.4, 0.5) is 10.1 Å². The van der Waals surface area contributed by atoms with Crippen LogP contribution in [0.1, 0.15) is 5.69 Å². The van der Waals surface area contributed by atoms with Gasteiger partial charge in [0, 0.05) is 11.9 Å².